The van der Waals surface area contributed by atoms with Crippen molar-refractivity contribution in [3.63, 3.8) is 0 Å². The van der Waals surface area contributed by atoms with Crippen molar-refractivity contribution in [1.29, 1.82) is 0 Å². The molecule has 3 rings (SSSR count). The molecule has 1 aliphatic heterocycles. The Kier molecular flexibility index (Phi) is 6.49. The molecular weight excluding hydrogens is 386 g/mol. The Balaban J connectivity index is 1.66. The number of methoxy groups -OCH3 is 1. The standard InChI is InChI=1S/C21H39N3O4Si/c1-20(14-27-2)18(25)23(15-28-10-11-29(3,4)5)19(26)24(20)17-12-21(13-17)8-6-16(22)7-9-21/h16-17H,6-15,22H2,1-5H3/t16?,17?,20-,21?/m1/s1. The first-order valence-electron chi connectivity index (χ1n) is 11.0. The van der Waals surface area contributed by atoms with Gasteiger partial charge in [0.05, 0.1) is 6.61 Å². The summed E-state index contributed by atoms with van der Waals surface area (Å²) in [5.74, 6) is -0.205. The Labute approximate surface area is 176 Å². The van der Waals surface area contributed by atoms with Gasteiger partial charge in [-0.25, -0.2) is 9.69 Å². The van der Waals surface area contributed by atoms with Crippen LogP contribution in [0, 0.1) is 5.41 Å². The van der Waals surface area contributed by atoms with Crippen LogP contribution in [0.5, 0.6) is 0 Å². The van der Waals surface area contributed by atoms with Gasteiger partial charge >= 0.3 is 6.03 Å². The molecule has 8 heteroatoms. The molecule has 1 saturated heterocycles. The minimum Gasteiger partial charge on any atom is -0.382 e. The number of carbonyl (C=O) groups is 2. The van der Waals surface area contributed by atoms with Crippen LogP contribution in [0.15, 0.2) is 0 Å². The lowest BCUT2D eigenvalue weighted by molar-refractivity contribution is -0.140. The van der Waals surface area contributed by atoms with Gasteiger partial charge in [0.25, 0.3) is 5.91 Å². The van der Waals surface area contributed by atoms with Gasteiger partial charge in [0, 0.05) is 33.9 Å². The second-order valence-electron chi connectivity index (χ2n) is 10.8. The highest BCUT2D eigenvalue weighted by atomic mass is 28.3. The van der Waals surface area contributed by atoms with E-state index in [1.54, 1.807) is 12.0 Å². The van der Waals surface area contributed by atoms with Crippen molar-refractivity contribution in [3.05, 3.63) is 0 Å². The Bertz CT molecular complexity index is 622. The number of hydrogen-bond donors (Lipinski definition) is 1. The van der Waals surface area contributed by atoms with Crippen LogP contribution in [0.4, 0.5) is 4.79 Å². The first-order chi connectivity index (χ1) is 13.5. The van der Waals surface area contributed by atoms with Crippen molar-refractivity contribution in [2.24, 2.45) is 11.1 Å². The third-order valence-electron chi connectivity index (χ3n) is 7.11. The number of ether oxygens (including phenoxy) is 2. The quantitative estimate of drug-likeness (QED) is 0.367. The molecule has 0 aromatic rings. The number of nitrogens with two attached hydrogens (primary N) is 1. The predicted molar refractivity (Wildman–Crippen MR) is 115 cm³/mol. The highest BCUT2D eigenvalue weighted by Gasteiger charge is 2.61. The summed E-state index contributed by atoms with van der Waals surface area (Å²) in [5.41, 5.74) is 5.43. The summed E-state index contributed by atoms with van der Waals surface area (Å²) in [7, 11) is 0.365. The lowest BCUT2D eigenvalue weighted by Crippen LogP contribution is -2.61. The van der Waals surface area contributed by atoms with Gasteiger partial charge in [0.15, 0.2) is 0 Å². The van der Waals surface area contributed by atoms with Crippen molar-refractivity contribution in [2.75, 3.05) is 27.1 Å². The van der Waals surface area contributed by atoms with Gasteiger partial charge in [-0.2, -0.15) is 0 Å². The fourth-order valence-corrected chi connectivity index (χ4v) is 5.98. The molecular formula is C21H39N3O4Si. The number of carbonyl (C=O) groups excluding carboxylic acids is 2. The maximum atomic E-state index is 13.2. The summed E-state index contributed by atoms with van der Waals surface area (Å²) in [6, 6.07) is 1.19. The summed E-state index contributed by atoms with van der Waals surface area (Å²) in [6.45, 7) is 9.50. The van der Waals surface area contributed by atoms with E-state index in [2.05, 4.69) is 19.6 Å². The zero-order chi connectivity index (χ0) is 21.4. The van der Waals surface area contributed by atoms with Gasteiger partial charge in [-0.15, -0.1) is 0 Å². The number of hydrogen-bond acceptors (Lipinski definition) is 5. The Morgan fingerprint density at radius 1 is 1.17 bits per heavy atom. The second-order valence-corrected chi connectivity index (χ2v) is 16.5. The summed E-state index contributed by atoms with van der Waals surface area (Å²) in [6.07, 6.45) is 6.30. The second kappa shape index (κ2) is 8.28. The predicted octanol–water partition coefficient (Wildman–Crippen LogP) is 3.02. The van der Waals surface area contributed by atoms with Crippen LogP contribution in [0.25, 0.3) is 0 Å². The van der Waals surface area contributed by atoms with Crippen LogP contribution >= 0.6 is 0 Å². The zero-order valence-electron chi connectivity index (χ0n) is 18.8. The van der Waals surface area contributed by atoms with Crippen molar-refractivity contribution in [2.45, 2.75) is 88.8 Å². The molecule has 29 heavy (non-hydrogen) atoms. The number of urea groups is 1. The minimum atomic E-state index is -1.22. The first kappa shape index (κ1) is 22.7. The third kappa shape index (κ3) is 4.55. The van der Waals surface area contributed by atoms with Crippen LogP contribution in [-0.4, -0.2) is 74.5 Å². The lowest BCUT2D eigenvalue weighted by Gasteiger charge is -2.55. The van der Waals surface area contributed by atoms with Gasteiger partial charge < -0.3 is 20.1 Å². The van der Waals surface area contributed by atoms with E-state index in [1.807, 2.05) is 6.92 Å². The van der Waals surface area contributed by atoms with Gasteiger partial charge in [-0.1, -0.05) is 19.6 Å². The van der Waals surface area contributed by atoms with E-state index in [-0.39, 0.29) is 31.3 Å². The topological polar surface area (TPSA) is 85.1 Å². The molecule has 0 bridgehead atoms. The van der Waals surface area contributed by atoms with E-state index >= 15 is 0 Å². The van der Waals surface area contributed by atoms with Gasteiger partial charge in [-0.05, 0) is 56.9 Å². The van der Waals surface area contributed by atoms with Gasteiger partial charge in [0.1, 0.15) is 12.3 Å². The molecule has 0 aromatic carbocycles. The molecule has 2 saturated carbocycles. The summed E-state index contributed by atoms with van der Waals surface area (Å²) in [5, 5.41) is 0. The Morgan fingerprint density at radius 3 is 2.34 bits per heavy atom. The van der Waals surface area contributed by atoms with Crippen molar-refractivity contribution in [1.82, 2.24) is 9.80 Å². The van der Waals surface area contributed by atoms with Crippen LogP contribution in [-0.2, 0) is 14.3 Å². The molecule has 1 spiro atoms. The number of imide groups is 1. The molecule has 166 valence electrons. The van der Waals surface area contributed by atoms with Gasteiger partial charge in [-0.3, -0.25) is 4.79 Å². The van der Waals surface area contributed by atoms with E-state index < -0.39 is 13.6 Å². The molecule has 1 heterocycles. The summed E-state index contributed by atoms with van der Waals surface area (Å²) in [4.78, 5) is 29.5. The molecule has 0 unspecified atom stereocenters. The number of rotatable bonds is 8. The van der Waals surface area contributed by atoms with Crippen LogP contribution in [0.3, 0.4) is 0 Å². The first-order valence-corrected chi connectivity index (χ1v) is 14.7. The van der Waals surface area contributed by atoms with E-state index in [4.69, 9.17) is 15.2 Å². The number of amides is 3. The maximum Gasteiger partial charge on any atom is 0.329 e. The van der Waals surface area contributed by atoms with E-state index in [0.717, 1.165) is 44.6 Å². The normalized spacial score (nSPS) is 35.5. The Morgan fingerprint density at radius 2 is 1.79 bits per heavy atom. The molecule has 7 nitrogen and oxygen atoms in total. The van der Waals surface area contributed by atoms with Crippen molar-refractivity contribution >= 4 is 20.0 Å². The van der Waals surface area contributed by atoms with Crippen LogP contribution in [0.2, 0.25) is 25.7 Å². The minimum absolute atomic E-state index is 0.0324. The molecule has 3 aliphatic rings. The molecule has 1 atom stereocenters. The molecule has 3 amide bonds. The fourth-order valence-electron chi connectivity index (χ4n) is 5.22. The highest BCUT2D eigenvalue weighted by Crippen LogP contribution is 2.55. The van der Waals surface area contributed by atoms with E-state index in [9.17, 15) is 9.59 Å². The monoisotopic (exact) mass is 425 g/mol. The average molecular weight is 426 g/mol. The molecule has 3 fully saturated rings. The van der Waals surface area contributed by atoms with Crippen molar-refractivity contribution < 1.29 is 19.1 Å². The summed E-state index contributed by atoms with van der Waals surface area (Å²) >= 11 is 0. The maximum absolute atomic E-state index is 13.2. The average Bonchev–Trinajstić information content (AvgIpc) is 2.77. The summed E-state index contributed by atoms with van der Waals surface area (Å²) < 4.78 is 11.1. The fraction of sp³-hybridized carbons (Fsp3) is 0.905. The highest BCUT2D eigenvalue weighted by molar-refractivity contribution is 6.76. The largest absolute Gasteiger partial charge is 0.382 e. The Hall–Kier alpha value is -0.963. The van der Waals surface area contributed by atoms with Crippen molar-refractivity contribution in [3.8, 4) is 0 Å². The van der Waals surface area contributed by atoms with Crippen LogP contribution in [0.1, 0.15) is 45.4 Å². The molecule has 0 aromatic heterocycles. The van der Waals surface area contributed by atoms with E-state index in [0.29, 0.717) is 18.1 Å². The van der Waals surface area contributed by atoms with Gasteiger partial charge in [0.2, 0.25) is 0 Å². The lowest BCUT2D eigenvalue weighted by atomic mass is 9.57. The third-order valence-corrected chi connectivity index (χ3v) is 8.81. The zero-order valence-corrected chi connectivity index (χ0v) is 19.8. The molecule has 2 aliphatic carbocycles. The SMILES string of the molecule is COC[C@]1(C)C(=O)N(COCC[Si](C)(C)C)C(=O)N1C1CC2(CCC(N)CC2)C1. The van der Waals surface area contributed by atoms with Crippen LogP contribution < -0.4 is 5.73 Å². The smallest absolute Gasteiger partial charge is 0.329 e. The molecule has 0 radical (unpaired) electrons. The van der Waals surface area contributed by atoms with E-state index in [1.165, 1.54) is 4.90 Å². The number of nitrogens with zero attached hydrogens (tertiary/aromatic N) is 2. The molecule has 2 N–H and O–H groups in total.